The molecule has 0 radical (unpaired) electrons. The molecule has 2 aromatic rings. The summed E-state index contributed by atoms with van der Waals surface area (Å²) in [6.07, 6.45) is 1.88. The van der Waals surface area contributed by atoms with Crippen molar-refractivity contribution in [3.8, 4) is 0 Å². The first kappa shape index (κ1) is 17.0. The molecule has 0 bridgehead atoms. The van der Waals surface area contributed by atoms with E-state index in [1.165, 1.54) is 6.07 Å². The van der Waals surface area contributed by atoms with Crippen LogP contribution in [-0.2, 0) is 16.1 Å². The lowest BCUT2D eigenvalue weighted by Crippen LogP contribution is -2.39. The van der Waals surface area contributed by atoms with Crippen molar-refractivity contribution in [1.82, 2.24) is 4.90 Å². The van der Waals surface area contributed by atoms with E-state index < -0.39 is 11.7 Å². The smallest absolute Gasteiger partial charge is 0.231 e. The number of fused-ring (bicyclic) bond motifs is 1. The van der Waals surface area contributed by atoms with Gasteiger partial charge in [-0.15, -0.1) is 0 Å². The lowest BCUT2D eigenvalue weighted by atomic mass is 9.89. The van der Waals surface area contributed by atoms with Gasteiger partial charge in [0, 0.05) is 28.7 Å². The number of nitrogens with one attached hydrogen (secondary N) is 1. The highest BCUT2D eigenvalue weighted by molar-refractivity contribution is 6.31. The number of anilines is 1. The van der Waals surface area contributed by atoms with Crippen LogP contribution in [0.1, 0.15) is 36.3 Å². The molecule has 1 fully saturated rings. The number of halogens is 2. The summed E-state index contributed by atoms with van der Waals surface area (Å²) >= 11 is 6.15. The number of hydrogen-bond acceptors (Lipinski definition) is 2. The third kappa shape index (κ3) is 3.19. The molecule has 1 aliphatic carbocycles. The Bertz CT molecular complexity index is 862. The molecule has 2 aliphatic rings. The molecule has 0 unspecified atom stereocenters. The van der Waals surface area contributed by atoms with Gasteiger partial charge in [0.15, 0.2) is 0 Å². The molecule has 1 aliphatic heterocycles. The third-order valence-corrected chi connectivity index (χ3v) is 5.31. The van der Waals surface area contributed by atoms with Crippen molar-refractivity contribution in [3.63, 3.8) is 0 Å². The summed E-state index contributed by atoms with van der Waals surface area (Å²) in [7, 11) is 0. The van der Waals surface area contributed by atoms with Gasteiger partial charge in [0.25, 0.3) is 0 Å². The SMILES string of the molecule is O=C1C[C@@H](C(=O)N(Cc2c(F)cccc2Cl)C2CC2)c2ccccc2N1. The monoisotopic (exact) mass is 372 g/mol. The topological polar surface area (TPSA) is 49.4 Å². The quantitative estimate of drug-likeness (QED) is 0.878. The summed E-state index contributed by atoms with van der Waals surface area (Å²) in [5.41, 5.74) is 1.80. The van der Waals surface area contributed by atoms with Crippen LogP contribution < -0.4 is 5.32 Å². The number of rotatable bonds is 4. The fourth-order valence-electron chi connectivity index (χ4n) is 3.46. The highest BCUT2D eigenvalue weighted by atomic mass is 35.5. The minimum Gasteiger partial charge on any atom is -0.335 e. The Kier molecular flexibility index (Phi) is 4.41. The molecule has 0 aromatic heterocycles. The zero-order valence-electron chi connectivity index (χ0n) is 14.0. The van der Waals surface area contributed by atoms with Gasteiger partial charge in [0.2, 0.25) is 11.8 Å². The van der Waals surface area contributed by atoms with Gasteiger partial charge in [-0.3, -0.25) is 9.59 Å². The van der Waals surface area contributed by atoms with Crippen molar-refractivity contribution >= 4 is 29.1 Å². The Morgan fingerprint density at radius 2 is 1.96 bits per heavy atom. The van der Waals surface area contributed by atoms with E-state index in [-0.39, 0.29) is 30.8 Å². The maximum atomic E-state index is 14.2. The molecule has 1 atom stereocenters. The highest BCUT2D eigenvalue weighted by Gasteiger charge is 2.39. The molecule has 4 nitrogen and oxygen atoms in total. The molecule has 26 heavy (non-hydrogen) atoms. The second kappa shape index (κ2) is 6.72. The van der Waals surface area contributed by atoms with Gasteiger partial charge in [-0.2, -0.15) is 0 Å². The minimum absolute atomic E-state index is 0.0790. The summed E-state index contributed by atoms with van der Waals surface area (Å²) in [4.78, 5) is 27.0. The average Bonchev–Trinajstić information content (AvgIpc) is 3.45. The predicted octanol–water partition coefficient (Wildman–Crippen LogP) is 4.10. The van der Waals surface area contributed by atoms with Crippen LogP contribution in [0.25, 0.3) is 0 Å². The first-order valence-corrected chi connectivity index (χ1v) is 9.04. The van der Waals surface area contributed by atoms with Crippen LogP contribution in [0.4, 0.5) is 10.1 Å². The zero-order chi connectivity index (χ0) is 18.3. The maximum Gasteiger partial charge on any atom is 0.231 e. The van der Waals surface area contributed by atoms with E-state index in [4.69, 9.17) is 11.6 Å². The normalized spacial score (nSPS) is 18.8. The van der Waals surface area contributed by atoms with E-state index in [0.29, 0.717) is 16.3 Å². The van der Waals surface area contributed by atoms with Gasteiger partial charge >= 0.3 is 0 Å². The first-order valence-electron chi connectivity index (χ1n) is 8.66. The maximum absolute atomic E-state index is 14.2. The van der Waals surface area contributed by atoms with E-state index in [9.17, 15) is 14.0 Å². The van der Waals surface area contributed by atoms with Crippen LogP contribution in [0.5, 0.6) is 0 Å². The number of para-hydroxylation sites is 1. The molecule has 2 aromatic carbocycles. The van der Waals surface area contributed by atoms with Crippen LogP contribution in [0.2, 0.25) is 5.02 Å². The van der Waals surface area contributed by atoms with E-state index in [2.05, 4.69) is 5.32 Å². The van der Waals surface area contributed by atoms with E-state index in [1.807, 2.05) is 18.2 Å². The molecule has 6 heteroatoms. The van der Waals surface area contributed by atoms with Gasteiger partial charge in [0.1, 0.15) is 5.82 Å². The molecule has 1 N–H and O–H groups in total. The minimum atomic E-state index is -0.550. The summed E-state index contributed by atoms with van der Waals surface area (Å²) in [6, 6.07) is 11.9. The number of carbonyl (C=O) groups excluding carboxylic acids is 2. The van der Waals surface area contributed by atoms with Gasteiger partial charge in [-0.05, 0) is 36.6 Å². The van der Waals surface area contributed by atoms with E-state index in [1.54, 1.807) is 23.1 Å². The number of nitrogens with zero attached hydrogens (tertiary/aromatic N) is 1. The predicted molar refractivity (Wildman–Crippen MR) is 97.4 cm³/mol. The summed E-state index contributed by atoms with van der Waals surface area (Å²) in [6.45, 7) is 0.120. The Labute approximate surface area is 155 Å². The van der Waals surface area contributed by atoms with Crippen molar-refractivity contribution < 1.29 is 14.0 Å². The third-order valence-electron chi connectivity index (χ3n) is 4.96. The van der Waals surface area contributed by atoms with Crippen LogP contribution in [-0.4, -0.2) is 22.8 Å². The molecule has 4 rings (SSSR count). The zero-order valence-corrected chi connectivity index (χ0v) is 14.8. The fourth-order valence-corrected chi connectivity index (χ4v) is 3.68. The second-order valence-corrected chi connectivity index (χ2v) is 7.20. The summed E-state index contributed by atoms with van der Waals surface area (Å²) in [5.74, 6) is -1.29. The molecular weight excluding hydrogens is 355 g/mol. The second-order valence-electron chi connectivity index (χ2n) is 6.79. The van der Waals surface area contributed by atoms with Crippen LogP contribution in [0, 0.1) is 5.82 Å². The number of carbonyl (C=O) groups is 2. The van der Waals surface area contributed by atoms with Crippen molar-refractivity contribution in [2.24, 2.45) is 0 Å². The first-order chi connectivity index (χ1) is 12.5. The van der Waals surface area contributed by atoms with Gasteiger partial charge < -0.3 is 10.2 Å². The van der Waals surface area contributed by atoms with Gasteiger partial charge in [-0.1, -0.05) is 35.9 Å². The average molecular weight is 373 g/mol. The Balaban J connectivity index is 1.66. The summed E-state index contributed by atoms with van der Waals surface area (Å²) < 4.78 is 14.2. The molecule has 1 saturated carbocycles. The van der Waals surface area contributed by atoms with Crippen molar-refractivity contribution in [2.45, 2.75) is 37.8 Å². The van der Waals surface area contributed by atoms with Crippen LogP contribution in [0.3, 0.4) is 0 Å². The fraction of sp³-hybridized carbons (Fsp3) is 0.300. The standard InChI is InChI=1S/C20H18ClFN2O2/c21-16-5-3-6-17(22)15(16)11-24(12-8-9-12)20(26)14-10-19(25)23-18-7-2-1-4-13(14)18/h1-7,12,14H,8-11H2,(H,23,25)/t14-/m1/s1. The van der Waals surface area contributed by atoms with E-state index in [0.717, 1.165) is 18.4 Å². The number of amides is 2. The lowest BCUT2D eigenvalue weighted by molar-refractivity contribution is -0.136. The molecule has 0 saturated heterocycles. The summed E-state index contributed by atoms with van der Waals surface area (Å²) in [5, 5.41) is 3.12. The molecule has 1 heterocycles. The molecule has 0 spiro atoms. The van der Waals surface area contributed by atoms with Crippen molar-refractivity contribution in [1.29, 1.82) is 0 Å². The van der Waals surface area contributed by atoms with Crippen LogP contribution in [0.15, 0.2) is 42.5 Å². The number of benzene rings is 2. The van der Waals surface area contributed by atoms with Crippen LogP contribution >= 0.6 is 11.6 Å². The Hall–Kier alpha value is -2.40. The molecule has 2 amide bonds. The molecule has 134 valence electrons. The number of hydrogen-bond donors (Lipinski definition) is 1. The van der Waals surface area contributed by atoms with Gasteiger partial charge in [0.05, 0.1) is 12.5 Å². The highest BCUT2D eigenvalue weighted by Crippen LogP contribution is 2.38. The van der Waals surface area contributed by atoms with Gasteiger partial charge in [-0.25, -0.2) is 4.39 Å². The Morgan fingerprint density at radius 3 is 2.69 bits per heavy atom. The van der Waals surface area contributed by atoms with Crippen molar-refractivity contribution in [3.05, 3.63) is 64.4 Å². The Morgan fingerprint density at radius 1 is 1.19 bits per heavy atom. The van der Waals surface area contributed by atoms with E-state index >= 15 is 0 Å². The van der Waals surface area contributed by atoms with Crippen molar-refractivity contribution in [2.75, 3.05) is 5.32 Å². The lowest BCUT2D eigenvalue weighted by Gasteiger charge is -2.31. The molecular formula is C20H18ClFN2O2. The largest absolute Gasteiger partial charge is 0.335 e.